The molecule has 0 amide bonds. The standard InChI is InChI=1S/C13H18N8/c1-14-11-17-12(15-9-10-5-4-6-16-20-10)19-13(18-11)21-7-2-3-8-21/h4-6H,2-3,7-9H2,1H3,(H2,14,15,17,18,19). The molecule has 2 N–H and O–H groups in total. The molecule has 8 heteroatoms. The highest BCUT2D eigenvalue weighted by Gasteiger charge is 2.17. The Bertz CT molecular complexity index is 582. The number of nitrogens with one attached hydrogen (secondary N) is 2. The van der Waals surface area contributed by atoms with Crippen LogP contribution in [-0.2, 0) is 6.54 Å². The van der Waals surface area contributed by atoms with Crippen molar-refractivity contribution in [3.63, 3.8) is 0 Å². The zero-order chi connectivity index (χ0) is 14.5. The Kier molecular flexibility index (Phi) is 4.04. The van der Waals surface area contributed by atoms with Crippen molar-refractivity contribution in [3.05, 3.63) is 24.0 Å². The van der Waals surface area contributed by atoms with Crippen LogP contribution in [0.15, 0.2) is 18.3 Å². The molecule has 0 saturated carbocycles. The fourth-order valence-corrected chi connectivity index (χ4v) is 2.21. The predicted molar refractivity (Wildman–Crippen MR) is 80.2 cm³/mol. The number of aromatic nitrogens is 5. The van der Waals surface area contributed by atoms with Crippen LogP contribution in [0, 0.1) is 0 Å². The lowest BCUT2D eigenvalue weighted by Gasteiger charge is -2.16. The quantitative estimate of drug-likeness (QED) is 0.838. The minimum Gasteiger partial charge on any atom is -0.357 e. The number of rotatable bonds is 5. The smallest absolute Gasteiger partial charge is 0.231 e. The summed E-state index contributed by atoms with van der Waals surface area (Å²) in [5, 5.41) is 14.0. The summed E-state index contributed by atoms with van der Waals surface area (Å²) in [6.45, 7) is 2.52. The van der Waals surface area contributed by atoms with Crippen LogP contribution in [0.2, 0.25) is 0 Å². The second-order valence-electron chi connectivity index (χ2n) is 4.80. The molecule has 21 heavy (non-hydrogen) atoms. The summed E-state index contributed by atoms with van der Waals surface area (Å²) in [5.74, 6) is 1.82. The van der Waals surface area contributed by atoms with Crippen molar-refractivity contribution in [1.82, 2.24) is 25.1 Å². The largest absolute Gasteiger partial charge is 0.357 e. The molecule has 3 rings (SSSR count). The molecule has 0 bridgehead atoms. The van der Waals surface area contributed by atoms with Gasteiger partial charge in [0.05, 0.1) is 12.2 Å². The number of hydrogen-bond acceptors (Lipinski definition) is 8. The van der Waals surface area contributed by atoms with Gasteiger partial charge in [0, 0.05) is 26.3 Å². The summed E-state index contributed by atoms with van der Waals surface area (Å²) in [6, 6.07) is 3.76. The highest BCUT2D eigenvalue weighted by Crippen LogP contribution is 2.18. The van der Waals surface area contributed by atoms with Crippen LogP contribution in [0.25, 0.3) is 0 Å². The lowest BCUT2D eigenvalue weighted by atomic mass is 10.4. The van der Waals surface area contributed by atoms with Gasteiger partial charge < -0.3 is 15.5 Å². The van der Waals surface area contributed by atoms with Crippen LogP contribution >= 0.6 is 0 Å². The first-order valence-corrected chi connectivity index (χ1v) is 7.04. The maximum absolute atomic E-state index is 4.48. The minimum absolute atomic E-state index is 0.528. The molecule has 3 heterocycles. The zero-order valence-corrected chi connectivity index (χ0v) is 12.0. The number of hydrogen-bond donors (Lipinski definition) is 2. The summed E-state index contributed by atoms with van der Waals surface area (Å²) < 4.78 is 0. The summed E-state index contributed by atoms with van der Waals surface area (Å²) in [5.41, 5.74) is 0.839. The SMILES string of the molecule is CNc1nc(NCc2cccnn2)nc(N2CCCC2)n1. The van der Waals surface area contributed by atoms with E-state index in [4.69, 9.17) is 0 Å². The van der Waals surface area contributed by atoms with E-state index in [0.717, 1.165) is 18.8 Å². The maximum Gasteiger partial charge on any atom is 0.231 e. The van der Waals surface area contributed by atoms with E-state index < -0.39 is 0 Å². The van der Waals surface area contributed by atoms with Gasteiger partial charge in [-0.2, -0.15) is 25.1 Å². The minimum atomic E-state index is 0.528. The Morgan fingerprint density at radius 1 is 1.14 bits per heavy atom. The first-order chi connectivity index (χ1) is 10.3. The van der Waals surface area contributed by atoms with Crippen molar-refractivity contribution < 1.29 is 0 Å². The van der Waals surface area contributed by atoms with Gasteiger partial charge in [-0.25, -0.2) is 0 Å². The van der Waals surface area contributed by atoms with Gasteiger partial charge in [0.1, 0.15) is 0 Å². The molecule has 0 unspecified atom stereocenters. The topological polar surface area (TPSA) is 91.8 Å². The number of nitrogens with zero attached hydrogens (tertiary/aromatic N) is 6. The van der Waals surface area contributed by atoms with E-state index in [-0.39, 0.29) is 0 Å². The van der Waals surface area contributed by atoms with Crippen LogP contribution in [0.1, 0.15) is 18.5 Å². The van der Waals surface area contributed by atoms with Gasteiger partial charge >= 0.3 is 0 Å². The van der Waals surface area contributed by atoms with E-state index in [9.17, 15) is 0 Å². The van der Waals surface area contributed by atoms with E-state index in [1.807, 2.05) is 12.1 Å². The Hall–Kier alpha value is -2.51. The van der Waals surface area contributed by atoms with Gasteiger partial charge in [-0.05, 0) is 25.0 Å². The van der Waals surface area contributed by atoms with Gasteiger partial charge in [0.2, 0.25) is 17.8 Å². The Labute approximate surface area is 123 Å². The Balaban J connectivity index is 1.75. The zero-order valence-electron chi connectivity index (χ0n) is 12.0. The van der Waals surface area contributed by atoms with Gasteiger partial charge in [-0.3, -0.25) is 0 Å². The first-order valence-electron chi connectivity index (χ1n) is 7.04. The van der Waals surface area contributed by atoms with Crippen molar-refractivity contribution in [1.29, 1.82) is 0 Å². The fourth-order valence-electron chi connectivity index (χ4n) is 2.21. The second-order valence-corrected chi connectivity index (χ2v) is 4.80. The summed E-state index contributed by atoms with van der Waals surface area (Å²) >= 11 is 0. The molecule has 2 aromatic rings. The summed E-state index contributed by atoms with van der Waals surface area (Å²) in [4.78, 5) is 15.4. The first kappa shape index (κ1) is 13.5. The monoisotopic (exact) mass is 286 g/mol. The molecule has 1 saturated heterocycles. The molecule has 0 radical (unpaired) electrons. The van der Waals surface area contributed by atoms with Crippen LogP contribution in [0.5, 0.6) is 0 Å². The summed E-state index contributed by atoms with van der Waals surface area (Å²) in [6.07, 6.45) is 4.02. The molecule has 110 valence electrons. The normalized spacial score (nSPS) is 14.2. The summed E-state index contributed by atoms with van der Waals surface area (Å²) in [7, 11) is 1.80. The van der Waals surface area contributed by atoms with Crippen molar-refractivity contribution in [2.45, 2.75) is 19.4 Å². The molecular formula is C13H18N8. The van der Waals surface area contributed by atoms with E-state index >= 15 is 0 Å². The molecule has 1 aliphatic heterocycles. The van der Waals surface area contributed by atoms with Crippen LogP contribution in [0.3, 0.4) is 0 Å². The molecule has 2 aromatic heterocycles. The van der Waals surface area contributed by atoms with Gasteiger partial charge in [0.25, 0.3) is 0 Å². The lowest BCUT2D eigenvalue weighted by Crippen LogP contribution is -2.22. The molecule has 0 aromatic carbocycles. The van der Waals surface area contributed by atoms with Crippen molar-refractivity contribution in [2.24, 2.45) is 0 Å². The van der Waals surface area contributed by atoms with Crippen molar-refractivity contribution in [2.75, 3.05) is 35.7 Å². The average molecular weight is 286 g/mol. The molecule has 0 spiro atoms. The van der Waals surface area contributed by atoms with Gasteiger partial charge in [0.15, 0.2) is 0 Å². The molecule has 0 aliphatic carbocycles. The van der Waals surface area contributed by atoms with E-state index in [0.29, 0.717) is 24.4 Å². The third kappa shape index (κ3) is 3.33. The highest BCUT2D eigenvalue weighted by atomic mass is 15.3. The second kappa shape index (κ2) is 6.29. The number of anilines is 3. The Morgan fingerprint density at radius 3 is 2.67 bits per heavy atom. The Morgan fingerprint density at radius 2 is 1.95 bits per heavy atom. The van der Waals surface area contributed by atoms with Gasteiger partial charge in [-0.15, -0.1) is 0 Å². The third-order valence-corrected chi connectivity index (χ3v) is 3.29. The van der Waals surface area contributed by atoms with Crippen molar-refractivity contribution in [3.8, 4) is 0 Å². The molecule has 8 nitrogen and oxygen atoms in total. The predicted octanol–water partition coefficient (Wildman–Crippen LogP) is 0.916. The molecule has 0 atom stereocenters. The van der Waals surface area contributed by atoms with Gasteiger partial charge in [-0.1, -0.05) is 0 Å². The van der Waals surface area contributed by atoms with Crippen LogP contribution in [0.4, 0.5) is 17.8 Å². The average Bonchev–Trinajstić information content (AvgIpc) is 3.08. The fraction of sp³-hybridized carbons (Fsp3) is 0.462. The molecule has 1 aliphatic rings. The molecular weight excluding hydrogens is 268 g/mol. The maximum atomic E-state index is 4.48. The van der Waals surface area contributed by atoms with E-state index in [2.05, 4.69) is 40.7 Å². The lowest BCUT2D eigenvalue weighted by molar-refractivity contribution is 0.869. The van der Waals surface area contributed by atoms with Crippen LogP contribution in [-0.4, -0.2) is 45.3 Å². The van der Waals surface area contributed by atoms with Crippen LogP contribution < -0.4 is 15.5 Å². The molecule has 1 fully saturated rings. The highest BCUT2D eigenvalue weighted by molar-refractivity contribution is 5.44. The van der Waals surface area contributed by atoms with Crippen molar-refractivity contribution >= 4 is 17.8 Å². The van der Waals surface area contributed by atoms with E-state index in [1.54, 1.807) is 13.2 Å². The van der Waals surface area contributed by atoms with E-state index in [1.165, 1.54) is 12.8 Å². The third-order valence-electron chi connectivity index (χ3n) is 3.29.